The smallest absolute Gasteiger partial charge is 0.331 e. The molecule has 0 bridgehead atoms. The molecule has 0 spiro atoms. The average Bonchev–Trinajstić information content (AvgIpc) is 3.13. The molecular weight excluding hydrogens is 1180 g/mol. The molecule has 0 fully saturated rings. The summed E-state index contributed by atoms with van der Waals surface area (Å²) in [5, 5.41) is 0. The number of rotatable bonds is 13. The Kier molecular flexibility index (Phi) is 307. The van der Waals surface area contributed by atoms with Crippen molar-refractivity contribution in [2.75, 3.05) is 64.0 Å². The predicted molar refractivity (Wildman–Crippen MR) is 432 cm³/mol. The first-order valence-electron chi connectivity index (χ1n) is 20.9. The van der Waals surface area contributed by atoms with Gasteiger partial charge >= 0.3 is 17.1 Å². The van der Waals surface area contributed by atoms with E-state index in [4.69, 9.17) is 39.8 Å². The van der Waals surface area contributed by atoms with E-state index in [9.17, 15) is 0 Å². The van der Waals surface area contributed by atoms with Crippen LogP contribution in [-0.4, -0.2) is 140 Å². The molecule has 0 amide bonds. The molecule has 535 valence electrons. The first-order chi connectivity index (χ1) is 25.9. The zero-order valence-electron chi connectivity index (χ0n) is 47.4. The van der Waals surface area contributed by atoms with Gasteiger partial charge < -0.3 is 46.8 Å². The average molecular weight is 1380 g/mol. The van der Waals surface area contributed by atoms with E-state index in [1.807, 2.05) is 33.3 Å². The topological polar surface area (TPSA) is 83.1 Å². The molecule has 0 N–H and O–H groups in total. The van der Waals surface area contributed by atoms with E-state index in [0.717, 1.165) is 0 Å². The third-order valence-corrected chi connectivity index (χ3v) is 20.7. The Morgan fingerprint density at radius 1 is 0.325 bits per heavy atom. The fourth-order valence-corrected chi connectivity index (χ4v) is 2.61. The summed E-state index contributed by atoms with van der Waals surface area (Å²) < 4.78 is 45.4. The van der Waals surface area contributed by atoms with Crippen molar-refractivity contribution in [1.82, 2.24) is 0 Å². The maximum Gasteiger partial charge on any atom is 0.331 e. The second kappa shape index (κ2) is 119. The third kappa shape index (κ3) is 348. The van der Waals surface area contributed by atoms with Crippen LogP contribution < -0.4 is 0 Å². The van der Waals surface area contributed by atoms with Crippen LogP contribution in [-0.2, 0) is 58.4 Å². The summed E-state index contributed by atoms with van der Waals surface area (Å²) in [6, 6.07) is 1.28. The molecule has 0 heterocycles. The van der Waals surface area contributed by atoms with Crippen molar-refractivity contribution in [1.29, 1.82) is 0 Å². The van der Waals surface area contributed by atoms with Crippen LogP contribution in [0.2, 0.25) is 157 Å². The van der Waals surface area contributed by atoms with Crippen LogP contribution in [0.4, 0.5) is 0 Å². The van der Waals surface area contributed by atoms with Crippen LogP contribution in [0.15, 0.2) is 24.6 Å². The molecule has 1 radical (unpaired) electrons. The zero-order chi connectivity index (χ0) is 50.8. The zero-order valence-corrected chi connectivity index (χ0v) is 57.9. The summed E-state index contributed by atoms with van der Waals surface area (Å²) in [5.74, 6) is 0. The van der Waals surface area contributed by atoms with Crippen molar-refractivity contribution < 1.29 is 58.4 Å². The summed E-state index contributed by atoms with van der Waals surface area (Å²) in [7, 11) is 5.34. The Labute approximate surface area is 551 Å². The van der Waals surface area contributed by atoms with Crippen LogP contribution in [0.1, 0.15) is 169 Å². The van der Waals surface area contributed by atoms with Crippen molar-refractivity contribution in [2.24, 2.45) is 0 Å². The normalized spacial score (nSPS) is 8.35. The second-order valence-electron chi connectivity index (χ2n) is 19.7. The Morgan fingerprint density at radius 2 is 0.438 bits per heavy atom. The molecule has 0 rings (SSSR count). The van der Waals surface area contributed by atoms with Crippen molar-refractivity contribution in [3.05, 3.63) is 31.5 Å². The molecule has 0 aliphatic carbocycles. The van der Waals surface area contributed by atoms with Crippen molar-refractivity contribution in [3.63, 3.8) is 0 Å². The molecular formula is C61H195O9Si9V-. The fraction of sp³-hybridized carbons (Fsp3) is 0.918. The van der Waals surface area contributed by atoms with Gasteiger partial charge in [-0.1, -0.05) is 201 Å². The van der Waals surface area contributed by atoms with Crippen molar-refractivity contribution in [3.8, 4) is 0 Å². The standard InChI is InChI=1S/C6H16OSi.2C5H12Si.2C4H12O2Si.3C4H12OSi.C3H10OSi.C2H5.20CH4.V/c1-5-6-8(3,4)7-2;2*1-5-6(2,3)4;2*1-5-7(3,4)6-2;3*1-5-6(2,3)4;1-4-5(2)3;1-2;;;;;;;;;;;;;;;;;;;;;/h5-6H2,1-4H3;2*5H,1H2,2-4H3;2*1-4H3;3*1-4H3;5H,1-3H3;1H2,2H3;20*1H4;/q;;;;;;;;;-1;;;;;;;;;;;;;;;;;;;;;. The molecule has 9 nitrogen and oxygen atoms in total. The van der Waals surface area contributed by atoms with Crippen LogP contribution in [0.5, 0.6) is 0 Å². The fourth-order valence-electron chi connectivity index (χ4n) is 0.871. The predicted octanol–water partition coefficient (Wildman–Crippen LogP) is 26.9. The van der Waals surface area contributed by atoms with Gasteiger partial charge in [-0.25, -0.2) is 0 Å². The van der Waals surface area contributed by atoms with Gasteiger partial charge in [-0.2, -0.15) is 6.92 Å². The van der Waals surface area contributed by atoms with E-state index in [2.05, 4.69) is 163 Å². The monoisotopic (exact) mass is 1380 g/mol. The Balaban J connectivity index is -0.0000000112. The molecule has 0 aromatic rings. The van der Waals surface area contributed by atoms with E-state index in [0.29, 0.717) is 0 Å². The minimum atomic E-state index is -1.65. The van der Waals surface area contributed by atoms with E-state index >= 15 is 0 Å². The van der Waals surface area contributed by atoms with Crippen LogP contribution in [0, 0.1) is 6.92 Å². The van der Waals surface area contributed by atoms with Gasteiger partial charge in [0.25, 0.3) is 0 Å². The maximum atomic E-state index is 5.32. The van der Waals surface area contributed by atoms with Crippen molar-refractivity contribution >= 4 is 75.6 Å². The Hall–Kier alpha value is 1.66. The SMILES string of the molecule is C.C.C.C.C.C.C.C.C.C.C.C.C.C.C.C.C.C.C.C.C=C[Si](C)(C)C.C=C[Si](C)(C)C.CCC[Si](C)(C)OC.CO[SiH](C)C.CO[Si](C)(C)C.CO[Si](C)(C)C.CO[Si](C)(C)C.CO[Si](C)(C)OC.CO[Si](C)(C)OC.[CH2-]C.[V]. The van der Waals surface area contributed by atoms with Gasteiger partial charge in [0.1, 0.15) is 0 Å². The van der Waals surface area contributed by atoms with Crippen LogP contribution in [0.25, 0.3) is 0 Å². The quantitative estimate of drug-likeness (QED) is 0.132. The largest absolute Gasteiger partial charge is 0.424 e. The molecule has 0 aromatic carbocycles. The molecule has 0 saturated carbocycles. The van der Waals surface area contributed by atoms with Crippen LogP contribution in [0.3, 0.4) is 0 Å². The minimum Gasteiger partial charge on any atom is -0.424 e. The second-order valence-corrected chi connectivity index (χ2v) is 58.1. The van der Waals surface area contributed by atoms with Gasteiger partial charge in [-0.3, -0.25) is 0 Å². The molecule has 80 heavy (non-hydrogen) atoms. The Bertz CT molecular complexity index is 770. The molecule has 0 aliphatic heterocycles. The summed E-state index contributed by atoms with van der Waals surface area (Å²) >= 11 is 0. The van der Waals surface area contributed by atoms with Gasteiger partial charge in [0, 0.05) is 82.5 Å². The molecule has 0 atom stereocenters. The van der Waals surface area contributed by atoms with E-state index < -0.39 is 75.6 Å². The maximum absolute atomic E-state index is 5.32. The first kappa shape index (κ1) is 207. The van der Waals surface area contributed by atoms with Crippen molar-refractivity contribution in [2.45, 2.75) is 325 Å². The van der Waals surface area contributed by atoms with Gasteiger partial charge in [-0.15, -0.1) is 24.6 Å². The summed E-state index contributed by atoms with van der Waals surface area (Å²) in [4.78, 5) is 0. The van der Waals surface area contributed by atoms with Gasteiger partial charge in [-0.05, 0) is 117 Å². The minimum absolute atomic E-state index is 0. The number of hydrogen-bond donors (Lipinski definition) is 0. The molecule has 0 unspecified atom stereocenters. The molecule has 19 heteroatoms. The summed E-state index contributed by atoms with van der Waals surface area (Å²) in [6.07, 6.45) is 1.26. The third-order valence-electron chi connectivity index (χ3n) is 6.90. The molecule has 0 saturated heterocycles. The van der Waals surface area contributed by atoms with Crippen LogP contribution >= 0.6 is 0 Å². The van der Waals surface area contributed by atoms with Gasteiger partial charge in [0.05, 0.1) is 16.1 Å². The van der Waals surface area contributed by atoms with Gasteiger partial charge in [0.2, 0.25) is 0 Å². The van der Waals surface area contributed by atoms with Gasteiger partial charge in [0.15, 0.2) is 42.3 Å². The summed E-state index contributed by atoms with van der Waals surface area (Å²) in [5.41, 5.74) is 4.15. The molecule has 0 aliphatic rings. The Morgan fingerprint density at radius 3 is 0.450 bits per heavy atom. The first-order valence-corrected chi connectivity index (χ1v) is 49.8. The van der Waals surface area contributed by atoms with E-state index in [1.54, 1.807) is 63.8 Å². The number of hydrogen-bond acceptors (Lipinski definition) is 9. The van der Waals surface area contributed by atoms with E-state index in [-0.39, 0.29) is 167 Å². The van der Waals surface area contributed by atoms with E-state index in [1.165, 1.54) is 12.5 Å². The molecule has 0 aromatic heterocycles. The summed E-state index contributed by atoms with van der Waals surface area (Å²) in [6.45, 7) is 64.4.